The van der Waals surface area contributed by atoms with Gasteiger partial charge in [0.25, 0.3) is 5.91 Å². The molecule has 5 rings (SSSR count). The molecule has 2 amide bonds. The molecule has 0 unspecified atom stereocenters. The van der Waals surface area contributed by atoms with Gasteiger partial charge in [0.05, 0.1) is 58.1 Å². The standard InChI is InChI=1S/C31H31FN6O6S/c1-16-8-19(27-23(9-16)36-26(43-5)13-34-27)29-37-22-10-20(32)24(11-25(22)45-29)44-14-17(2)38(30(40)41)18-6-7-21(33-12-18)28(39)35-15-31(3,4)42/h6-13,17,42H,14-15H2,1-5H3,(H,35,39)(H,40,41)/t17-/m1/s1. The van der Waals surface area contributed by atoms with Gasteiger partial charge in [-0.1, -0.05) is 0 Å². The van der Waals surface area contributed by atoms with Crippen LogP contribution in [0, 0.1) is 12.7 Å². The summed E-state index contributed by atoms with van der Waals surface area (Å²) in [4.78, 5) is 43.2. The number of benzene rings is 2. The van der Waals surface area contributed by atoms with Crippen molar-refractivity contribution in [3.05, 3.63) is 65.9 Å². The zero-order valence-electron chi connectivity index (χ0n) is 25.2. The number of carbonyl (C=O) groups excluding carboxylic acids is 1. The Bertz CT molecular complexity index is 1890. The van der Waals surface area contributed by atoms with Crippen molar-refractivity contribution in [2.75, 3.05) is 25.2 Å². The van der Waals surface area contributed by atoms with E-state index in [1.165, 1.54) is 49.0 Å². The van der Waals surface area contributed by atoms with Crippen molar-refractivity contribution >= 4 is 50.3 Å². The second kappa shape index (κ2) is 12.6. The number of aliphatic hydroxyl groups is 1. The molecule has 3 N–H and O–H groups in total. The molecule has 0 bridgehead atoms. The van der Waals surface area contributed by atoms with E-state index in [2.05, 4.69) is 25.3 Å². The normalized spacial score (nSPS) is 12.2. The van der Waals surface area contributed by atoms with Crippen molar-refractivity contribution < 1.29 is 33.7 Å². The lowest BCUT2D eigenvalue weighted by atomic mass is 10.1. The summed E-state index contributed by atoms with van der Waals surface area (Å²) in [6.07, 6.45) is 1.51. The maximum absolute atomic E-state index is 15.1. The monoisotopic (exact) mass is 634 g/mol. The second-order valence-corrected chi connectivity index (χ2v) is 12.1. The topological polar surface area (TPSA) is 160 Å². The average Bonchev–Trinajstić information content (AvgIpc) is 3.40. The summed E-state index contributed by atoms with van der Waals surface area (Å²) in [7, 11) is 1.52. The third-order valence-corrected chi connectivity index (χ3v) is 7.77. The first-order valence-corrected chi connectivity index (χ1v) is 14.7. The third kappa shape index (κ3) is 7.07. The number of fused-ring (bicyclic) bond motifs is 2. The van der Waals surface area contributed by atoms with Crippen LogP contribution >= 0.6 is 11.3 Å². The van der Waals surface area contributed by atoms with Gasteiger partial charge in [-0.15, -0.1) is 11.3 Å². The lowest BCUT2D eigenvalue weighted by molar-refractivity contribution is 0.0692. The predicted octanol–water partition coefficient (Wildman–Crippen LogP) is 5.21. The van der Waals surface area contributed by atoms with Crippen molar-refractivity contribution in [1.29, 1.82) is 0 Å². The molecule has 0 aliphatic carbocycles. The quantitative estimate of drug-likeness (QED) is 0.186. The number of hydrogen-bond donors (Lipinski definition) is 3. The first-order chi connectivity index (χ1) is 21.3. The van der Waals surface area contributed by atoms with Gasteiger partial charge < -0.3 is 25.0 Å². The first-order valence-electron chi connectivity index (χ1n) is 13.9. The number of methoxy groups -OCH3 is 1. The molecular formula is C31H31FN6O6S. The van der Waals surface area contributed by atoms with E-state index >= 15 is 4.39 Å². The minimum Gasteiger partial charge on any atom is -0.488 e. The fourth-order valence-electron chi connectivity index (χ4n) is 4.55. The summed E-state index contributed by atoms with van der Waals surface area (Å²) in [5.41, 5.74) is 2.58. The van der Waals surface area contributed by atoms with Crippen LogP contribution in [0.5, 0.6) is 11.6 Å². The van der Waals surface area contributed by atoms with Gasteiger partial charge in [-0.05, 0) is 57.5 Å². The summed E-state index contributed by atoms with van der Waals surface area (Å²) in [5, 5.41) is 22.9. The van der Waals surface area contributed by atoms with Crippen LogP contribution in [0.4, 0.5) is 14.9 Å². The van der Waals surface area contributed by atoms with Gasteiger partial charge in [0.2, 0.25) is 5.88 Å². The van der Waals surface area contributed by atoms with Crippen LogP contribution in [0.1, 0.15) is 36.8 Å². The average molecular weight is 635 g/mol. The molecule has 0 radical (unpaired) electrons. The van der Waals surface area contributed by atoms with Crippen LogP contribution in [-0.4, -0.2) is 74.1 Å². The van der Waals surface area contributed by atoms with Gasteiger partial charge in [0, 0.05) is 24.2 Å². The summed E-state index contributed by atoms with van der Waals surface area (Å²) in [6, 6.07) is 8.74. The zero-order chi connectivity index (χ0) is 32.5. The molecule has 0 aliphatic rings. The highest BCUT2D eigenvalue weighted by Gasteiger charge is 2.24. The van der Waals surface area contributed by atoms with Crippen molar-refractivity contribution in [1.82, 2.24) is 25.3 Å². The maximum Gasteiger partial charge on any atom is 0.412 e. The number of carbonyl (C=O) groups is 2. The highest BCUT2D eigenvalue weighted by molar-refractivity contribution is 7.21. The molecular weight excluding hydrogens is 603 g/mol. The van der Waals surface area contributed by atoms with E-state index < -0.39 is 29.5 Å². The first kappa shape index (κ1) is 31.5. The maximum atomic E-state index is 15.1. The van der Waals surface area contributed by atoms with Crippen LogP contribution in [0.2, 0.25) is 0 Å². The number of amides is 2. The van der Waals surface area contributed by atoms with E-state index in [1.807, 2.05) is 19.1 Å². The van der Waals surface area contributed by atoms with Crippen LogP contribution in [0.3, 0.4) is 0 Å². The Labute approximate surface area is 261 Å². The van der Waals surface area contributed by atoms with Gasteiger partial charge >= 0.3 is 6.09 Å². The lowest BCUT2D eigenvalue weighted by Crippen LogP contribution is -2.41. The van der Waals surface area contributed by atoms with Crippen LogP contribution in [0.25, 0.3) is 31.8 Å². The molecule has 0 fully saturated rings. The molecule has 5 aromatic rings. The number of aryl methyl sites for hydroxylation is 1. The largest absolute Gasteiger partial charge is 0.488 e. The number of thiazole rings is 1. The Morgan fingerprint density at radius 3 is 2.56 bits per heavy atom. The Kier molecular flexibility index (Phi) is 8.80. The second-order valence-electron chi connectivity index (χ2n) is 11.1. The number of halogens is 1. The van der Waals surface area contributed by atoms with Crippen LogP contribution in [0.15, 0.2) is 48.8 Å². The zero-order valence-corrected chi connectivity index (χ0v) is 26.0. The number of nitrogens with zero attached hydrogens (tertiary/aromatic N) is 5. The van der Waals surface area contributed by atoms with Crippen LogP contribution in [-0.2, 0) is 0 Å². The Morgan fingerprint density at radius 1 is 1.11 bits per heavy atom. The number of pyridine rings is 1. The van der Waals surface area contributed by atoms with Crippen molar-refractivity contribution in [3.63, 3.8) is 0 Å². The van der Waals surface area contributed by atoms with E-state index in [0.717, 1.165) is 16.0 Å². The molecule has 1 atom stereocenters. The highest BCUT2D eigenvalue weighted by Crippen LogP contribution is 2.37. The van der Waals surface area contributed by atoms with Crippen molar-refractivity contribution in [2.45, 2.75) is 39.3 Å². The van der Waals surface area contributed by atoms with E-state index in [9.17, 15) is 19.8 Å². The molecule has 45 heavy (non-hydrogen) atoms. The van der Waals surface area contributed by atoms with Crippen molar-refractivity contribution in [3.8, 4) is 22.2 Å². The fourth-order valence-corrected chi connectivity index (χ4v) is 5.55. The molecule has 3 aromatic heterocycles. The SMILES string of the molecule is COc1cnc2c(-c3nc4cc(F)c(OC[C@@H](C)N(C(=O)O)c5ccc(C(=O)NCC(C)(C)O)nc5)cc4s3)cc(C)cc2n1. The summed E-state index contributed by atoms with van der Waals surface area (Å²) < 4.78 is 26.8. The molecule has 0 spiro atoms. The molecule has 2 aromatic carbocycles. The summed E-state index contributed by atoms with van der Waals surface area (Å²) >= 11 is 1.34. The van der Waals surface area contributed by atoms with E-state index in [-0.39, 0.29) is 30.3 Å². The van der Waals surface area contributed by atoms with Gasteiger partial charge in [-0.3, -0.25) is 9.69 Å². The van der Waals surface area contributed by atoms with E-state index in [0.29, 0.717) is 32.1 Å². The van der Waals surface area contributed by atoms with E-state index in [4.69, 9.17) is 9.47 Å². The van der Waals surface area contributed by atoms with E-state index in [1.54, 1.807) is 26.8 Å². The third-order valence-electron chi connectivity index (χ3n) is 6.72. The predicted molar refractivity (Wildman–Crippen MR) is 168 cm³/mol. The van der Waals surface area contributed by atoms with Crippen molar-refractivity contribution in [2.24, 2.45) is 0 Å². The Morgan fingerprint density at radius 2 is 1.89 bits per heavy atom. The summed E-state index contributed by atoms with van der Waals surface area (Å²) in [6.45, 7) is 6.50. The molecule has 14 heteroatoms. The van der Waals surface area contributed by atoms with Gasteiger partial charge in [-0.2, -0.15) is 0 Å². The van der Waals surface area contributed by atoms with Gasteiger partial charge in [0.15, 0.2) is 11.6 Å². The molecule has 0 saturated carbocycles. The molecule has 234 valence electrons. The Hall–Kier alpha value is -4.95. The summed E-state index contributed by atoms with van der Waals surface area (Å²) in [5.74, 6) is -0.814. The lowest BCUT2D eigenvalue weighted by Gasteiger charge is -2.26. The number of anilines is 1. The van der Waals surface area contributed by atoms with Gasteiger partial charge in [-0.25, -0.2) is 29.1 Å². The minimum absolute atomic E-state index is 0.0171. The highest BCUT2D eigenvalue weighted by atomic mass is 32.1. The molecule has 0 aliphatic heterocycles. The number of carboxylic acid groups (broad SMARTS) is 1. The Balaban J connectivity index is 1.33. The minimum atomic E-state index is -1.28. The van der Waals surface area contributed by atoms with Crippen LogP contribution < -0.4 is 19.7 Å². The smallest absolute Gasteiger partial charge is 0.412 e. The molecule has 12 nitrogen and oxygen atoms in total. The molecule has 3 heterocycles. The van der Waals surface area contributed by atoms with Gasteiger partial charge in [0.1, 0.15) is 17.3 Å². The number of hydrogen-bond acceptors (Lipinski definition) is 10. The number of ether oxygens (including phenoxy) is 2. The number of rotatable bonds is 10. The molecule has 0 saturated heterocycles. The number of nitrogens with one attached hydrogen (secondary N) is 1. The number of aromatic nitrogens is 4. The fraction of sp³-hybridized carbons (Fsp3) is 0.290.